The summed E-state index contributed by atoms with van der Waals surface area (Å²) in [7, 11) is 1.66. The first-order valence-corrected chi connectivity index (χ1v) is 10.9. The second-order valence-electron chi connectivity index (χ2n) is 6.30. The molecule has 2 rings (SSSR count). The van der Waals surface area contributed by atoms with E-state index in [9.17, 15) is 14.4 Å². The molecule has 178 valence electrons. The summed E-state index contributed by atoms with van der Waals surface area (Å²) in [6.45, 7) is 16.5. The number of hydrogen-bond acceptors (Lipinski definition) is 6. The molecule has 1 aromatic rings. The number of methoxy groups -OCH3 is 1. The largest absolute Gasteiger partial charge is 0.497 e. The maximum absolute atomic E-state index is 11.9. The number of para-hydroxylation sites is 1. The smallest absolute Gasteiger partial charge is 0.436 e. The number of hydrazine groups is 1. The van der Waals surface area contributed by atoms with Crippen LogP contribution >= 0.6 is 0 Å². The fourth-order valence-corrected chi connectivity index (χ4v) is 2.23. The molecule has 0 saturated carbocycles. The molecule has 0 aromatic heterocycles. The highest BCUT2D eigenvalue weighted by Crippen LogP contribution is 2.25. The van der Waals surface area contributed by atoms with Crippen LogP contribution in [0.3, 0.4) is 0 Å². The number of imide groups is 1. The maximum atomic E-state index is 11.9. The average molecular weight is 441 g/mol. The van der Waals surface area contributed by atoms with Gasteiger partial charge in [-0.25, -0.2) is 9.59 Å². The Morgan fingerprint density at radius 2 is 1.35 bits per heavy atom. The van der Waals surface area contributed by atoms with Gasteiger partial charge < -0.3 is 14.2 Å². The Kier molecular flexibility index (Phi) is 16.7. The number of hydrogen-bond donors (Lipinski definition) is 0. The fourth-order valence-electron chi connectivity index (χ4n) is 2.23. The predicted molar refractivity (Wildman–Crippen MR) is 122 cm³/mol. The van der Waals surface area contributed by atoms with E-state index < -0.39 is 24.1 Å². The van der Waals surface area contributed by atoms with E-state index in [1.54, 1.807) is 41.7 Å². The van der Waals surface area contributed by atoms with Gasteiger partial charge in [0.1, 0.15) is 11.8 Å². The van der Waals surface area contributed by atoms with Crippen LogP contribution in [-0.2, 0) is 14.3 Å². The topological polar surface area (TPSA) is 85.4 Å². The van der Waals surface area contributed by atoms with Crippen LogP contribution in [-0.4, -0.2) is 53.5 Å². The zero-order valence-electron chi connectivity index (χ0n) is 20.7. The highest BCUT2D eigenvalue weighted by atomic mass is 16.6. The summed E-state index contributed by atoms with van der Waals surface area (Å²) in [5.74, 6) is 0.460. The summed E-state index contributed by atoms with van der Waals surface area (Å²) in [4.78, 5) is 35.4. The van der Waals surface area contributed by atoms with Gasteiger partial charge in [-0.05, 0) is 46.2 Å². The first-order valence-electron chi connectivity index (χ1n) is 10.9. The van der Waals surface area contributed by atoms with E-state index in [2.05, 4.69) is 0 Å². The summed E-state index contributed by atoms with van der Waals surface area (Å²) in [6.07, 6.45) is -1.86. The van der Waals surface area contributed by atoms with E-state index in [4.69, 9.17) is 14.2 Å². The molecule has 1 aliphatic rings. The third-order valence-corrected chi connectivity index (χ3v) is 3.40. The molecule has 1 fully saturated rings. The molecule has 1 saturated heterocycles. The first-order chi connectivity index (χ1) is 14.7. The van der Waals surface area contributed by atoms with Gasteiger partial charge in [-0.3, -0.25) is 4.79 Å². The van der Waals surface area contributed by atoms with Crippen molar-refractivity contribution in [1.29, 1.82) is 0 Å². The third-order valence-electron chi connectivity index (χ3n) is 3.40. The van der Waals surface area contributed by atoms with Crippen molar-refractivity contribution in [1.82, 2.24) is 10.0 Å². The lowest BCUT2D eigenvalue weighted by atomic mass is 10.1. The summed E-state index contributed by atoms with van der Waals surface area (Å²) in [5, 5.41) is 1.70. The molecule has 1 atom stereocenters. The molecule has 0 bridgehead atoms. The molecule has 3 amide bonds. The Bertz CT molecular complexity index is 634. The van der Waals surface area contributed by atoms with Gasteiger partial charge in [0, 0.05) is 0 Å². The van der Waals surface area contributed by atoms with Gasteiger partial charge in [0.05, 0.1) is 19.3 Å². The Labute approximate surface area is 187 Å². The zero-order valence-corrected chi connectivity index (χ0v) is 20.7. The van der Waals surface area contributed by atoms with Crippen LogP contribution in [0.25, 0.3) is 0 Å². The highest BCUT2D eigenvalue weighted by Gasteiger charge is 2.53. The van der Waals surface area contributed by atoms with Gasteiger partial charge in [0.25, 0.3) is 5.91 Å². The standard InChI is InChI=1S/C12H20N2O5.C7H8O.2C2H6/c1-6-9-10(15)14(12(17)19-8(4)5)13(9)11(16)18-7(2)3;1-8-7-5-3-2-4-6-7;2*1-2/h7-9H,6H2,1-5H3;2-6H,1H3;2*1-2H3/t9-;;;/m0.../s1. The Morgan fingerprint density at radius 1 is 0.903 bits per heavy atom. The van der Waals surface area contributed by atoms with Crippen molar-refractivity contribution in [2.75, 3.05) is 7.11 Å². The lowest BCUT2D eigenvalue weighted by Gasteiger charge is -2.45. The quantitative estimate of drug-likeness (QED) is 0.600. The summed E-state index contributed by atoms with van der Waals surface area (Å²) in [5.41, 5.74) is 0. The molecular formula is C23H40N2O6. The Morgan fingerprint density at radius 3 is 1.71 bits per heavy atom. The zero-order chi connectivity index (χ0) is 24.6. The highest BCUT2D eigenvalue weighted by molar-refractivity contribution is 6.03. The number of ether oxygens (including phenoxy) is 3. The molecular weight excluding hydrogens is 400 g/mol. The SMILES string of the molecule is CC.CC.CC[C@H]1C(=O)N(C(=O)OC(C)C)N1C(=O)OC(C)C.COc1ccccc1. The van der Waals surface area contributed by atoms with Crippen molar-refractivity contribution < 1.29 is 28.6 Å². The summed E-state index contributed by atoms with van der Waals surface area (Å²) < 4.78 is 14.8. The van der Waals surface area contributed by atoms with Crippen molar-refractivity contribution in [3.8, 4) is 5.75 Å². The van der Waals surface area contributed by atoms with E-state index in [0.29, 0.717) is 11.4 Å². The average Bonchev–Trinajstić information content (AvgIpc) is 2.75. The Balaban J connectivity index is 0. The second kappa shape index (κ2) is 17.0. The molecule has 8 nitrogen and oxygen atoms in total. The minimum absolute atomic E-state index is 0.330. The van der Waals surface area contributed by atoms with Crippen molar-refractivity contribution >= 4 is 18.1 Å². The third kappa shape index (κ3) is 10.2. The Hall–Kier alpha value is -2.77. The van der Waals surface area contributed by atoms with E-state index in [1.165, 1.54) is 0 Å². The monoisotopic (exact) mass is 440 g/mol. The normalized spacial score (nSPS) is 14.1. The molecule has 0 aliphatic carbocycles. The number of carbonyl (C=O) groups excluding carboxylic acids is 3. The minimum atomic E-state index is -0.856. The van der Waals surface area contributed by atoms with Crippen molar-refractivity contribution in [3.05, 3.63) is 30.3 Å². The second-order valence-corrected chi connectivity index (χ2v) is 6.30. The molecule has 1 aliphatic heterocycles. The summed E-state index contributed by atoms with van der Waals surface area (Å²) in [6, 6.07) is 9.02. The molecule has 8 heteroatoms. The molecule has 31 heavy (non-hydrogen) atoms. The van der Waals surface area contributed by atoms with Crippen LogP contribution in [0.4, 0.5) is 9.59 Å². The van der Waals surface area contributed by atoms with Crippen LogP contribution in [0.1, 0.15) is 68.7 Å². The van der Waals surface area contributed by atoms with Gasteiger partial charge in [0.15, 0.2) is 0 Å². The van der Waals surface area contributed by atoms with Gasteiger partial charge >= 0.3 is 12.2 Å². The summed E-state index contributed by atoms with van der Waals surface area (Å²) >= 11 is 0. The van der Waals surface area contributed by atoms with Crippen LogP contribution < -0.4 is 4.74 Å². The first kappa shape index (κ1) is 30.4. The predicted octanol–water partition coefficient (Wildman–Crippen LogP) is 5.66. The van der Waals surface area contributed by atoms with E-state index in [1.807, 2.05) is 58.0 Å². The number of rotatable bonds is 4. The van der Waals surface area contributed by atoms with Crippen molar-refractivity contribution in [2.45, 2.75) is 87.0 Å². The molecule has 0 N–H and O–H groups in total. The van der Waals surface area contributed by atoms with E-state index in [0.717, 1.165) is 10.8 Å². The van der Waals surface area contributed by atoms with Crippen LogP contribution in [0.5, 0.6) is 5.75 Å². The van der Waals surface area contributed by atoms with Gasteiger partial charge in [-0.15, -0.1) is 5.01 Å². The molecule has 1 aromatic carbocycles. The van der Waals surface area contributed by atoms with Crippen LogP contribution in [0.15, 0.2) is 30.3 Å². The van der Waals surface area contributed by atoms with E-state index in [-0.39, 0.29) is 12.2 Å². The van der Waals surface area contributed by atoms with E-state index >= 15 is 0 Å². The number of nitrogens with zero attached hydrogens (tertiary/aromatic N) is 2. The number of amides is 3. The lowest BCUT2D eigenvalue weighted by molar-refractivity contribution is -0.179. The molecule has 1 heterocycles. The molecule has 0 spiro atoms. The number of benzene rings is 1. The van der Waals surface area contributed by atoms with Crippen LogP contribution in [0, 0.1) is 0 Å². The maximum Gasteiger partial charge on any atom is 0.436 e. The van der Waals surface area contributed by atoms with Crippen molar-refractivity contribution in [3.63, 3.8) is 0 Å². The van der Waals surface area contributed by atoms with Gasteiger partial charge in [0.2, 0.25) is 0 Å². The molecule has 0 radical (unpaired) electrons. The fraction of sp³-hybridized carbons (Fsp3) is 0.609. The van der Waals surface area contributed by atoms with Gasteiger partial charge in [-0.1, -0.05) is 52.8 Å². The minimum Gasteiger partial charge on any atom is -0.497 e. The number of carbonyl (C=O) groups is 3. The molecule has 0 unspecified atom stereocenters. The van der Waals surface area contributed by atoms with Gasteiger partial charge in [-0.2, -0.15) is 5.01 Å². The lowest BCUT2D eigenvalue weighted by Crippen LogP contribution is -2.72. The van der Waals surface area contributed by atoms with Crippen molar-refractivity contribution in [2.24, 2.45) is 0 Å². The van der Waals surface area contributed by atoms with Crippen LogP contribution in [0.2, 0.25) is 0 Å².